The average Bonchev–Trinajstić information content (AvgIpc) is 3.06. The van der Waals surface area contributed by atoms with E-state index >= 15 is 0 Å². The Labute approximate surface area is 177 Å². The van der Waals surface area contributed by atoms with Crippen LogP contribution in [-0.2, 0) is 23.0 Å². The van der Waals surface area contributed by atoms with Gasteiger partial charge in [0, 0.05) is 24.3 Å². The fourth-order valence-electron chi connectivity index (χ4n) is 3.35. The molecule has 3 N–H and O–H groups in total. The molecule has 0 unspecified atom stereocenters. The first kappa shape index (κ1) is 21.9. The molecule has 0 amide bonds. The zero-order valence-corrected chi connectivity index (χ0v) is 18.7. The summed E-state index contributed by atoms with van der Waals surface area (Å²) >= 11 is 1.33. The van der Waals surface area contributed by atoms with Gasteiger partial charge in [0.25, 0.3) is 0 Å². The lowest BCUT2D eigenvalue weighted by Crippen LogP contribution is -2.33. The largest absolute Gasteiger partial charge is 0.326 e. The van der Waals surface area contributed by atoms with Crippen LogP contribution >= 0.6 is 11.3 Å². The van der Waals surface area contributed by atoms with Crippen molar-refractivity contribution in [1.29, 1.82) is 0 Å². The van der Waals surface area contributed by atoms with Crippen molar-refractivity contribution in [3.05, 3.63) is 65.2 Å². The summed E-state index contributed by atoms with van der Waals surface area (Å²) in [5, 5.41) is 1.01. The van der Waals surface area contributed by atoms with E-state index < -0.39 is 10.0 Å². The molecule has 0 aliphatic heterocycles. The quantitative estimate of drug-likeness (QED) is 0.515. The van der Waals surface area contributed by atoms with E-state index in [0.29, 0.717) is 23.8 Å². The molecule has 5 nitrogen and oxygen atoms in total. The zero-order chi connectivity index (χ0) is 20.9. The molecule has 0 fully saturated rings. The van der Waals surface area contributed by atoms with Crippen molar-refractivity contribution in [3.8, 4) is 0 Å². The number of hydrogen-bond donors (Lipinski definition) is 2. The molecule has 0 bridgehead atoms. The van der Waals surface area contributed by atoms with E-state index in [1.165, 1.54) is 16.9 Å². The smallest absolute Gasteiger partial charge is 0.250 e. The van der Waals surface area contributed by atoms with Crippen LogP contribution in [0, 0.1) is 6.92 Å². The van der Waals surface area contributed by atoms with Crippen LogP contribution in [0.25, 0.3) is 10.1 Å². The van der Waals surface area contributed by atoms with Gasteiger partial charge >= 0.3 is 0 Å². The first-order valence-corrected chi connectivity index (χ1v) is 12.1. The molecule has 156 valence electrons. The predicted molar refractivity (Wildman–Crippen MR) is 122 cm³/mol. The van der Waals surface area contributed by atoms with Crippen LogP contribution in [0.3, 0.4) is 0 Å². The van der Waals surface area contributed by atoms with Gasteiger partial charge in [-0.2, -0.15) is 0 Å². The van der Waals surface area contributed by atoms with E-state index in [1.807, 2.05) is 38.2 Å². The number of thiophene rings is 1. The van der Waals surface area contributed by atoms with Gasteiger partial charge in [-0.3, -0.25) is 0 Å². The van der Waals surface area contributed by atoms with Gasteiger partial charge in [-0.15, -0.1) is 11.3 Å². The molecule has 1 heterocycles. The lowest BCUT2D eigenvalue weighted by Gasteiger charge is -2.17. The number of sulfonamides is 1. The van der Waals surface area contributed by atoms with E-state index in [9.17, 15) is 8.42 Å². The summed E-state index contributed by atoms with van der Waals surface area (Å²) in [6.07, 6.45) is 2.03. The van der Waals surface area contributed by atoms with Crippen LogP contribution in [0.4, 0.5) is 0 Å². The molecule has 0 saturated carbocycles. The second-order valence-electron chi connectivity index (χ2n) is 7.34. The topological polar surface area (TPSA) is 75.4 Å². The van der Waals surface area contributed by atoms with Crippen LogP contribution in [0.15, 0.2) is 52.7 Å². The monoisotopic (exact) mass is 431 g/mol. The molecule has 1 aromatic heterocycles. The van der Waals surface area contributed by atoms with Crippen LogP contribution in [-0.4, -0.2) is 40.0 Å². The van der Waals surface area contributed by atoms with Gasteiger partial charge in [0.2, 0.25) is 10.0 Å². The Kier molecular flexibility index (Phi) is 7.43. The predicted octanol–water partition coefficient (Wildman–Crippen LogP) is 3.51. The lowest BCUT2D eigenvalue weighted by atomic mass is 10.1. The molecule has 0 spiro atoms. The Hall–Kier alpha value is -1.77. The van der Waals surface area contributed by atoms with Gasteiger partial charge in [0.05, 0.1) is 0 Å². The molecule has 3 rings (SSSR count). The summed E-state index contributed by atoms with van der Waals surface area (Å²) < 4.78 is 29.6. The number of aryl methyl sites for hydroxylation is 2. The van der Waals surface area contributed by atoms with Crippen LogP contribution in [0.2, 0.25) is 0 Å². The highest BCUT2D eigenvalue weighted by Gasteiger charge is 2.21. The minimum absolute atomic E-state index is 0.401. The molecule has 0 saturated heterocycles. The van der Waals surface area contributed by atoms with Crippen LogP contribution < -0.4 is 10.5 Å². The second kappa shape index (κ2) is 9.82. The maximum atomic E-state index is 12.7. The number of nitrogens with two attached hydrogens (primary N) is 1. The van der Waals surface area contributed by atoms with Gasteiger partial charge in [-0.1, -0.05) is 42.5 Å². The molecule has 7 heteroatoms. The van der Waals surface area contributed by atoms with Gasteiger partial charge < -0.3 is 10.6 Å². The molecule has 0 aliphatic carbocycles. The maximum Gasteiger partial charge on any atom is 0.250 e. The third-order valence-electron chi connectivity index (χ3n) is 5.09. The van der Waals surface area contributed by atoms with Crippen molar-refractivity contribution < 1.29 is 8.42 Å². The Morgan fingerprint density at radius 1 is 1.03 bits per heavy atom. The Morgan fingerprint density at radius 2 is 1.72 bits per heavy atom. The second-order valence-corrected chi connectivity index (χ2v) is 10.4. The molecule has 0 aliphatic rings. The average molecular weight is 432 g/mol. The fraction of sp³-hybridized carbons (Fsp3) is 0.364. The minimum atomic E-state index is -3.49. The zero-order valence-electron chi connectivity index (χ0n) is 17.0. The molecule has 29 heavy (non-hydrogen) atoms. The number of likely N-dealkylation sites (N-methyl/N-ethyl adjacent to an activating group) is 1. The first-order chi connectivity index (χ1) is 13.9. The highest BCUT2D eigenvalue weighted by atomic mass is 32.2. The van der Waals surface area contributed by atoms with Gasteiger partial charge in [-0.05, 0) is 61.5 Å². The van der Waals surface area contributed by atoms with Gasteiger partial charge in [0.15, 0.2) is 0 Å². The van der Waals surface area contributed by atoms with Crippen molar-refractivity contribution in [2.75, 3.05) is 26.7 Å². The van der Waals surface area contributed by atoms with Crippen LogP contribution in [0.5, 0.6) is 0 Å². The number of benzene rings is 2. The van der Waals surface area contributed by atoms with Crippen molar-refractivity contribution >= 4 is 31.4 Å². The number of hydrogen-bond acceptors (Lipinski definition) is 5. The molecule has 3 aromatic rings. The third-order valence-corrected chi connectivity index (χ3v) is 8.45. The maximum absolute atomic E-state index is 12.7. The van der Waals surface area contributed by atoms with Crippen molar-refractivity contribution in [2.45, 2.75) is 30.5 Å². The third kappa shape index (κ3) is 5.65. The Bertz CT molecular complexity index is 1040. The van der Waals surface area contributed by atoms with E-state index in [-0.39, 0.29) is 0 Å². The van der Waals surface area contributed by atoms with Gasteiger partial charge in [0.1, 0.15) is 4.21 Å². The standard InChI is InChI=1S/C22H29N3O2S2/c1-17-20-7-3-4-8-21(20)28-22(17)29(26,27)24-13-15-25(2)14-5-6-18-9-11-19(16-23)12-10-18/h3-4,7-12,24H,5-6,13-16,23H2,1-2H3. The highest BCUT2D eigenvalue weighted by molar-refractivity contribution is 7.91. The fourth-order valence-corrected chi connectivity index (χ4v) is 6.18. The number of nitrogens with zero attached hydrogens (tertiary/aromatic N) is 1. The molecular formula is C22H29N3O2S2. The minimum Gasteiger partial charge on any atom is -0.326 e. The van der Waals surface area contributed by atoms with Gasteiger partial charge in [-0.25, -0.2) is 13.1 Å². The summed E-state index contributed by atoms with van der Waals surface area (Å²) in [4.78, 5) is 2.16. The molecule has 0 radical (unpaired) electrons. The summed E-state index contributed by atoms with van der Waals surface area (Å²) in [6, 6.07) is 16.2. The molecule has 2 aromatic carbocycles. The van der Waals surface area contributed by atoms with E-state index in [2.05, 4.69) is 33.9 Å². The number of rotatable bonds is 10. The lowest BCUT2D eigenvalue weighted by molar-refractivity contribution is 0.334. The number of nitrogens with one attached hydrogen (secondary N) is 1. The van der Waals surface area contributed by atoms with E-state index in [1.54, 1.807) is 0 Å². The van der Waals surface area contributed by atoms with E-state index in [0.717, 1.165) is 40.6 Å². The first-order valence-electron chi connectivity index (χ1n) is 9.85. The molecular weight excluding hydrogens is 402 g/mol. The summed E-state index contributed by atoms with van der Waals surface area (Å²) in [6.45, 7) is 4.44. The Morgan fingerprint density at radius 3 is 2.41 bits per heavy atom. The van der Waals surface area contributed by atoms with E-state index in [4.69, 9.17) is 5.73 Å². The SMILES string of the molecule is Cc1c(S(=O)(=O)NCCN(C)CCCc2ccc(CN)cc2)sc2ccccc12. The van der Waals surface area contributed by atoms with Crippen LogP contribution in [0.1, 0.15) is 23.1 Å². The Balaban J connectivity index is 1.46. The highest BCUT2D eigenvalue weighted by Crippen LogP contribution is 2.33. The summed E-state index contributed by atoms with van der Waals surface area (Å²) in [5.74, 6) is 0. The summed E-state index contributed by atoms with van der Waals surface area (Å²) in [5.41, 5.74) is 8.90. The van der Waals surface area contributed by atoms with Crippen molar-refractivity contribution in [2.24, 2.45) is 5.73 Å². The normalized spacial score (nSPS) is 12.1. The number of fused-ring (bicyclic) bond motifs is 1. The summed E-state index contributed by atoms with van der Waals surface area (Å²) in [7, 11) is -1.46. The van der Waals surface area contributed by atoms with Crippen molar-refractivity contribution in [3.63, 3.8) is 0 Å². The van der Waals surface area contributed by atoms with Crippen molar-refractivity contribution in [1.82, 2.24) is 9.62 Å². The molecule has 0 atom stereocenters.